The van der Waals surface area contributed by atoms with E-state index in [2.05, 4.69) is 22.4 Å². The van der Waals surface area contributed by atoms with E-state index in [4.69, 9.17) is 10.3 Å². The Bertz CT molecular complexity index is 993. The largest absolute Gasteiger partial charge is 0.384 e. The summed E-state index contributed by atoms with van der Waals surface area (Å²) in [4.78, 5) is 16.1. The summed E-state index contributed by atoms with van der Waals surface area (Å²) in [6.07, 6.45) is 3.75. The third-order valence-corrected chi connectivity index (χ3v) is 4.90. The van der Waals surface area contributed by atoms with Gasteiger partial charge >= 0.3 is 0 Å². The topological polar surface area (TPSA) is 94.0 Å². The van der Waals surface area contributed by atoms with Gasteiger partial charge in [0.2, 0.25) is 11.8 Å². The Morgan fingerprint density at radius 2 is 2.04 bits per heavy atom. The molecule has 0 radical (unpaired) electrons. The normalized spacial score (nSPS) is 14.7. The lowest BCUT2D eigenvalue weighted by Gasteiger charge is -2.06. The van der Waals surface area contributed by atoms with E-state index < -0.39 is 5.82 Å². The van der Waals surface area contributed by atoms with Crippen molar-refractivity contribution in [2.75, 3.05) is 11.1 Å². The summed E-state index contributed by atoms with van der Waals surface area (Å²) < 4.78 is 19.2. The average molecular weight is 366 g/mol. The first-order valence-electron chi connectivity index (χ1n) is 8.70. The minimum absolute atomic E-state index is 0.0918. The quantitative estimate of drug-likeness (QED) is 0.718. The monoisotopic (exact) mass is 366 g/mol. The molecule has 1 fully saturated rings. The Hall–Kier alpha value is -3.22. The second-order valence-electron chi connectivity index (χ2n) is 7.15. The van der Waals surface area contributed by atoms with Gasteiger partial charge in [-0.25, -0.2) is 9.37 Å². The lowest BCUT2D eigenvalue weighted by atomic mass is 10.0. The van der Waals surface area contributed by atoms with Crippen LogP contribution in [0.1, 0.15) is 31.0 Å². The number of nitrogens with zero attached hydrogens (tertiary/aromatic N) is 2. The van der Waals surface area contributed by atoms with Gasteiger partial charge in [-0.15, -0.1) is 0 Å². The number of rotatable bonds is 5. The Kier molecular flexibility index (Phi) is 4.14. The summed E-state index contributed by atoms with van der Waals surface area (Å²) in [5.74, 6) is -0.143. The fourth-order valence-corrected chi connectivity index (χ4v) is 2.89. The van der Waals surface area contributed by atoms with Crippen LogP contribution in [0.15, 0.2) is 47.1 Å². The van der Waals surface area contributed by atoms with Crippen molar-refractivity contribution in [3.05, 3.63) is 59.7 Å². The predicted molar refractivity (Wildman–Crippen MR) is 99.5 cm³/mol. The number of nitrogen functional groups attached to an aromatic ring is 1. The van der Waals surface area contributed by atoms with Crippen molar-refractivity contribution >= 4 is 17.6 Å². The first-order valence-corrected chi connectivity index (χ1v) is 8.70. The number of nitrogens with one attached hydrogen (secondary N) is 1. The van der Waals surface area contributed by atoms with Gasteiger partial charge in [-0.1, -0.05) is 36.3 Å². The first kappa shape index (κ1) is 17.2. The highest BCUT2D eigenvalue weighted by Gasteiger charge is 2.42. The van der Waals surface area contributed by atoms with Gasteiger partial charge in [-0.2, -0.15) is 0 Å². The Labute approximate surface area is 155 Å². The number of nitrogens with two attached hydrogens (primary N) is 1. The summed E-state index contributed by atoms with van der Waals surface area (Å²) in [5.41, 5.74) is 8.27. The van der Waals surface area contributed by atoms with E-state index >= 15 is 0 Å². The van der Waals surface area contributed by atoms with Gasteiger partial charge in [0.15, 0.2) is 0 Å². The van der Waals surface area contributed by atoms with Crippen LogP contribution < -0.4 is 11.1 Å². The minimum Gasteiger partial charge on any atom is -0.384 e. The van der Waals surface area contributed by atoms with Crippen LogP contribution in [0.3, 0.4) is 0 Å². The van der Waals surface area contributed by atoms with Crippen molar-refractivity contribution in [1.29, 1.82) is 0 Å². The molecule has 1 amide bonds. The van der Waals surface area contributed by atoms with E-state index in [0.717, 1.165) is 24.1 Å². The van der Waals surface area contributed by atoms with Crippen molar-refractivity contribution in [3.63, 3.8) is 0 Å². The first-order chi connectivity index (χ1) is 12.9. The van der Waals surface area contributed by atoms with Crippen molar-refractivity contribution in [3.8, 4) is 11.1 Å². The molecule has 7 heteroatoms. The molecule has 27 heavy (non-hydrogen) atoms. The average Bonchev–Trinajstić information content (AvgIpc) is 3.20. The molecule has 0 saturated heterocycles. The van der Waals surface area contributed by atoms with Crippen molar-refractivity contribution in [2.45, 2.75) is 31.6 Å². The summed E-state index contributed by atoms with van der Waals surface area (Å²) in [6.45, 7) is 2.12. The number of pyridine rings is 1. The number of hydrogen-bond donors (Lipinski definition) is 2. The molecule has 1 aromatic carbocycles. The van der Waals surface area contributed by atoms with Gasteiger partial charge in [0.1, 0.15) is 11.6 Å². The second kappa shape index (κ2) is 6.50. The van der Waals surface area contributed by atoms with Gasteiger partial charge in [-0.05, 0) is 24.0 Å². The van der Waals surface area contributed by atoms with Crippen LogP contribution in [0.4, 0.5) is 16.1 Å². The highest BCUT2D eigenvalue weighted by Crippen LogP contribution is 2.47. The summed E-state index contributed by atoms with van der Waals surface area (Å²) in [7, 11) is 0. The molecule has 2 aromatic heterocycles. The van der Waals surface area contributed by atoms with E-state index in [1.165, 1.54) is 12.3 Å². The molecule has 0 bridgehead atoms. The maximum atomic E-state index is 14.0. The molecule has 4 rings (SSSR count). The standard InChI is InChI=1S/C20H19FN4O2/c1-20(6-7-20)16-10-19(27-25-16)24-18(26)8-12-2-4-13(5-3-12)14-11-23-17(22)9-15(14)21/h2-5,9-11H,6-8H2,1H3,(H2,22,23)(H,24,26). The van der Waals surface area contributed by atoms with Gasteiger partial charge in [0, 0.05) is 29.3 Å². The van der Waals surface area contributed by atoms with Gasteiger partial charge in [0.05, 0.1) is 12.1 Å². The van der Waals surface area contributed by atoms with Crippen LogP contribution in [-0.4, -0.2) is 16.0 Å². The number of halogens is 1. The molecule has 6 nitrogen and oxygen atoms in total. The van der Waals surface area contributed by atoms with Gasteiger partial charge in [0.25, 0.3) is 0 Å². The molecular weight excluding hydrogens is 347 g/mol. The lowest BCUT2D eigenvalue weighted by Crippen LogP contribution is -2.13. The fourth-order valence-electron chi connectivity index (χ4n) is 2.89. The Balaban J connectivity index is 1.40. The van der Waals surface area contributed by atoms with Crippen LogP contribution in [0.2, 0.25) is 0 Å². The third-order valence-electron chi connectivity index (χ3n) is 4.90. The zero-order valence-corrected chi connectivity index (χ0v) is 14.8. The van der Waals surface area contributed by atoms with Crippen LogP contribution >= 0.6 is 0 Å². The number of carbonyl (C=O) groups is 1. The number of hydrogen-bond acceptors (Lipinski definition) is 5. The molecule has 138 valence electrons. The number of amides is 1. The molecule has 1 saturated carbocycles. The molecule has 1 aliphatic rings. The van der Waals surface area contributed by atoms with Crippen LogP contribution in [0.5, 0.6) is 0 Å². The van der Waals surface area contributed by atoms with E-state index in [9.17, 15) is 9.18 Å². The number of anilines is 2. The van der Waals surface area contributed by atoms with E-state index in [1.807, 2.05) is 0 Å². The molecule has 0 atom stereocenters. The van der Waals surface area contributed by atoms with E-state index in [0.29, 0.717) is 17.0 Å². The van der Waals surface area contributed by atoms with E-state index in [1.54, 1.807) is 30.3 Å². The summed E-state index contributed by atoms with van der Waals surface area (Å²) in [5, 5.41) is 6.75. The Morgan fingerprint density at radius 3 is 2.70 bits per heavy atom. The number of benzene rings is 1. The zero-order chi connectivity index (χ0) is 19.0. The molecule has 2 heterocycles. The maximum Gasteiger partial charge on any atom is 0.231 e. The molecule has 3 N–H and O–H groups in total. The van der Waals surface area contributed by atoms with Crippen LogP contribution in [0.25, 0.3) is 11.1 Å². The van der Waals surface area contributed by atoms with Crippen LogP contribution in [-0.2, 0) is 16.6 Å². The third kappa shape index (κ3) is 3.67. The fraction of sp³-hybridized carbons (Fsp3) is 0.250. The molecule has 0 spiro atoms. The smallest absolute Gasteiger partial charge is 0.231 e. The lowest BCUT2D eigenvalue weighted by molar-refractivity contribution is -0.115. The molecule has 0 aliphatic heterocycles. The second-order valence-corrected chi connectivity index (χ2v) is 7.15. The van der Waals surface area contributed by atoms with Crippen molar-refractivity contribution in [2.24, 2.45) is 0 Å². The van der Waals surface area contributed by atoms with Crippen molar-refractivity contribution in [1.82, 2.24) is 10.1 Å². The molecule has 1 aliphatic carbocycles. The highest BCUT2D eigenvalue weighted by atomic mass is 19.1. The Morgan fingerprint density at radius 1 is 1.30 bits per heavy atom. The predicted octanol–water partition coefficient (Wildman–Crippen LogP) is 3.69. The van der Waals surface area contributed by atoms with Gasteiger partial charge < -0.3 is 10.3 Å². The molecular formula is C20H19FN4O2. The summed E-state index contributed by atoms with van der Waals surface area (Å²) in [6, 6.07) is 10.0. The number of carbonyl (C=O) groups excluding carboxylic acids is 1. The number of aromatic nitrogens is 2. The van der Waals surface area contributed by atoms with Crippen LogP contribution in [0, 0.1) is 5.82 Å². The molecule has 3 aromatic rings. The van der Waals surface area contributed by atoms with Gasteiger partial charge in [-0.3, -0.25) is 10.1 Å². The highest BCUT2D eigenvalue weighted by molar-refractivity contribution is 5.91. The minimum atomic E-state index is -0.432. The maximum absolute atomic E-state index is 14.0. The summed E-state index contributed by atoms with van der Waals surface area (Å²) >= 11 is 0. The zero-order valence-electron chi connectivity index (χ0n) is 14.8. The van der Waals surface area contributed by atoms with Crippen molar-refractivity contribution < 1.29 is 13.7 Å². The molecule has 0 unspecified atom stereocenters. The van der Waals surface area contributed by atoms with E-state index in [-0.39, 0.29) is 23.6 Å². The SMILES string of the molecule is CC1(c2cc(NC(=O)Cc3ccc(-c4cnc(N)cc4F)cc3)on2)CC1.